The molecule has 178 valence electrons. The van der Waals surface area contributed by atoms with Gasteiger partial charge < -0.3 is 10.2 Å². The molecule has 1 saturated heterocycles. The Morgan fingerprint density at radius 3 is 2.68 bits per heavy atom. The summed E-state index contributed by atoms with van der Waals surface area (Å²) in [6.07, 6.45) is 10.0. The molecule has 1 unspecified atom stereocenters. The summed E-state index contributed by atoms with van der Waals surface area (Å²) in [6.45, 7) is 6.01. The Morgan fingerprint density at radius 1 is 1.24 bits per heavy atom. The first kappa shape index (κ1) is 23.6. The predicted molar refractivity (Wildman–Crippen MR) is 128 cm³/mol. The summed E-state index contributed by atoms with van der Waals surface area (Å²) in [4.78, 5) is 55.8. The standard InChI is InChI=1S/C26H30N4O4/c1-3-13-27-20(4-2)23(16-7-5-6-8-16)29-24(32)17-9-10-19-18(14-17)15-30(26(19)34)21-11-12-22(31)28-25(21)33/h3-4,9-10,13-14,16,21,23H,2,5-8,11-12,15H2,1H3,(H,29,32)(H,28,31,33)/b13-3-,27-20+/t21?,23-/m0/s1. The summed E-state index contributed by atoms with van der Waals surface area (Å²) in [5, 5.41) is 5.45. The fraction of sp³-hybridized carbons (Fsp3) is 0.423. The van der Waals surface area contributed by atoms with E-state index < -0.39 is 11.9 Å². The van der Waals surface area contributed by atoms with E-state index in [1.54, 1.807) is 30.5 Å². The number of imide groups is 1. The molecule has 1 aromatic rings. The fourth-order valence-electron chi connectivity index (χ4n) is 5.08. The lowest BCUT2D eigenvalue weighted by Gasteiger charge is -2.29. The monoisotopic (exact) mass is 462 g/mol. The summed E-state index contributed by atoms with van der Waals surface area (Å²) in [6, 6.07) is 4.09. The second kappa shape index (κ2) is 10.2. The van der Waals surface area contributed by atoms with Crippen molar-refractivity contribution in [1.82, 2.24) is 15.5 Å². The van der Waals surface area contributed by atoms with Crippen molar-refractivity contribution in [2.45, 2.75) is 64.1 Å². The van der Waals surface area contributed by atoms with Crippen LogP contribution in [0.2, 0.25) is 0 Å². The van der Waals surface area contributed by atoms with Crippen LogP contribution in [0.1, 0.15) is 71.7 Å². The highest BCUT2D eigenvalue weighted by molar-refractivity contribution is 6.07. The molecule has 34 heavy (non-hydrogen) atoms. The number of carbonyl (C=O) groups excluding carboxylic acids is 4. The molecule has 2 heterocycles. The van der Waals surface area contributed by atoms with Gasteiger partial charge in [-0.3, -0.25) is 29.5 Å². The highest BCUT2D eigenvalue weighted by atomic mass is 16.2. The van der Waals surface area contributed by atoms with Crippen molar-refractivity contribution in [3.8, 4) is 0 Å². The second-order valence-corrected chi connectivity index (χ2v) is 9.01. The molecule has 4 rings (SSSR count). The van der Waals surface area contributed by atoms with E-state index in [4.69, 9.17) is 0 Å². The number of rotatable bonds is 7. The Balaban J connectivity index is 1.53. The second-order valence-electron chi connectivity index (χ2n) is 9.01. The number of amides is 4. The van der Waals surface area contributed by atoms with Gasteiger partial charge in [0.15, 0.2) is 0 Å². The van der Waals surface area contributed by atoms with E-state index in [0.717, 1.165) is 31.4 Å². The van der Waals surface area contributed by atoms with Gasteiger partial charge in [-0.05, 0) is 61.9 Å². The fourth-order valence-corrected chi connectivity index (χ4v) is 5.08. The van der Waals surface area contributed by atoms with Gasteiger partial charge in [0.2, 0.25) is 11.8 Å². The third-order valence-corrected chi connectivity index (χ3v) is 6.84. The molecule has 8 heteroatoms. The van der Waals surface area contributed by atoms with Crippen molar-refractivity contribution in [2.24, 2.45) is 10.9 Å². The zero-order chi connectivity index (χ0) is 24.2. The largest absolute Gasteiger partial charge is 0.343 e. The average Bonchev–Trinajstić information content (AvgIpc) is 3.47. The van der Waals surface area contributed by atoms with E-state index in [9.17, 15) is 19.2 Å². The van der Waals surface area contributed by atoms with E-state index in [1.165, 1.54) is 4.90 Å². The smallest absolute Gasteiger partial charge is 0.255 e. The summed E-state index contributed by atoms with van der Waals surface area (Å²) >= 11 is 0. The van der Waals surface area contributed by atoms with Crippen LogP contribution in [0.4, 0.5) is 0 Å². The van der Waals surface area contributed by atoms with Crippen LogP contribution in [0.3, 0.4) is 0 Å². The summed E-state index contributed by atoms with van der Waals surface area (Å²) < 4.78 is 0. The molecule has 1 aromatic carbocycles. The van der Waals surface area contributed by atoms with E-state index in [0.29, 0.717) is 29.0 Å². The van der Waals surface area contributed by atoms with Gasteiger partial charge in [0.25, 0.3) is 11.8 Å². The number of nitrogens with zero attached hydrogens (tertiary/aromatic N) is 2. The lowest BCUT2D eigenvalue weighted by molar-refractivity contribution is -0.136. The van der Waals surface area contributed by atoms with Crippen LogP contribution in [-0.2, 0) is 16.1 Å². The molecule has 4 amide bonds. The molecule has 2 fully saturated rings. The van der Waals surface area contributed by atoms with Crippen molar-refractivity contribution in [3.63, 3.8) is 0 Å². The van der Waals surface area contributed by atoms with E-state index in [2.05, 4.69) is 22.2 Å². The molecule has 3 aliphatic rings. The number of allylic oxidation sites excluding steroid dienone is 1. The molecule has 2 aliphatic heterocycles. The van der Waals surface area contributed by atoms with Gasteiger partial charge >= 0.3 is 0 Å². The Labute approximate surface area is 199 Å². The van der Waals surface area contributed by atoms with E-state index >= 15 is 0 Å². The van der Waals surface area contributed by atoms with Crippen molar-refractivity contribution in [2.75, 3.05) is 0 Å². The first-order valence-electron chi connectivity index (χ1n) is 11.8. The Morgan fingerprint density at radius 2 is 2.00 bits per heavy atom. The third-order valence-electron chi connectivity index (χ3n) is 6.84. The first-order valence-corrected chi connectivity index (χ1v) is 11.8. The van der Waals surface area contributed by atoms with Crippen molar-refractivity contribution < 1.29 is 19.2 Å². The average molecular weight is 463 g/mol. The molecule has 0 aromatic heterocycles. The molecule has 1 aliphatic carbocycles. The minimum absolute atomic E-state index is 0.202. The molecule has 0 bridgehead atoms. The lowest BCUT2D eigenvalue weighted by atomic mass is 9.93. The van der Waals surface area contributed by atoms with Crippen LogP contribution < -0.4 is 10.6 Å². The van der Waals surface area contributed by atoms with Crippen molar-refractivity contribution >= 4 is 29.3 Å². The molecule has 2 atom stereocenters. The third kappa shape index (κ3) is 4.71. The summed E-state index contributed by atoms with van der Waals surface area (Å²) in [7, 11) is 0. The van der Waals surface area contributed by atoms with Gasteiger partial charge in [-0.2, -0.15) is 0 Å². The Kier molecular flexibility index (Phi) is 7.05. The molecule has 8 nitrogen and oxygen atoms in total. The van der Waals surface area contributed by atoms with Gasteiger partial charge in [-0.1, -0.05) is 25.5 Å². The number of hydrogen-bond donors (Lipinski definition) is 2. The Hall–Kier alpha value is -3.55. The van der Waals surface area contributed by atoms with E-state index in [-0.39, 0.29) is 36.7 Å². The quantitative estimate of drug-likeness (QED) is 0.480. The van der Waals surface area contributed by atoms with Gasteiger partial charge in [0, 0.05) is 30.3 Å². The number of fused-ring (bicyclic) bond motifs is 1. The van der Waals surface area contributed by atoms with E-state index in [1.807, 2.05) is 13.0 Å². The highest BCUT2D eigenvalue weighted by Crippen LogP contribution is 2.30. The van der Waals surface area contributed by atoms with Crippen molar-refractivity contribution in [3.05, 3.63) is 59.8 Å². The molecule has 1 saturated carbocycles. The zero-order valence-corrected chi connectivity index (χ0v) is 19.4. The van der Waals surface area contributed by atoms with Gasteiger partial charge in [0.1, 0.15) is 6.04 Å². The molecule has 0 radical (unpaired) electrons. The molecule has 2 N–H and O–H groups in total. The number of aliphatic imine (C=N–C) groups is 1. The van der Waals surface area contributed by atoms with Gasteiger partial charge in [0.05, 0.1) is 11.8 Å². The number of hydrogen-bond acceptors (Lipinski definition) is 5. The zero-order valence-electron chi connectivity index (χ0n) is 19.4. The predicted octanol–water partition coefficient (Wildman–Crippen LogP) is 2.90. The first-order chi connectivity index (χ1) is 16.4. The minimum atomic E-state index is -0.681. The van der Waals surface area contributed by atoms with Crippen LogP contribution in [0, 0.1) is 5.92 Å². The molecule has 0 spiro atoms. The molecular weight excluding hydrogens is 432 g/mol. The van der Waals surface area contributed by atoms with Gasteiger partial charge in [-0.15, -0.1) is 0 Å². The molecular formula is C26H30N4O4. The van der Waals surface area contributed by atoms with Crippen molar-refractivity contribution in [1.29, 1.82) is 0 Å². The van der Waals surface area contributed by atoms with Crippen LogP contribution in [-0.4, -0.2) is 46.3 Å². The maximum atomic E-state index is 13.2. The minimum Gasteiger partial charge on any atom is -0.343 e. The topological polar surface area (TPSA) is 108 Å². The number of nitrogens with one attached hydrogen (secondary N) is 2. The van der Waals surface area contributed by atoms with Crippen LogP contribution in [0.25, 0.3) is 0 Å². The van der Waals surface area contributed by atoms with Gasteiger partial charge in [-0.25, -0.2) is 0 Å². The van der Waals surface area contributed by atoms with Crippen LogP contribution >= 0.6 is 0 Å². The number of piperidine rings is 1. The summed E-state index contributed by atoms with van der Waals surface area (Å²) in [5.41, 5.74) is 2.37. The number of benzene rings is 1. The highest BCUT2D eigenvalue weighted by Gasteiger charge is 2.39. The number of carbonyl (C=O) groups is 4. The maximum Gasteiger partial charge on any atom is 0.255 e. The maximum absolute atomic E-state index is 13.2. The Bertz CT molecular complexity index is 1080. The SMILES string of the molecule is C=C/C(=N\C=C/C)[C@@H](NC(=O)c1ccc2c(c1)CN(C1CCC(=O)NC1=O)C2=O)C1CCCC1. The summed E-state index contributed by atoms with van der Waals surface area (Å²) in [5.74, 6) is -0.968. The van der Waals surface area contributed by atoms with Crippen LogP contribution in [0.15, 0.2) is 48.1 Å². The van der Waals surface area contributed by atoms with Crippen LogP contribution in [0.5, 0.6) is 0 Å². The lowest BCUT2D eigenvalue weighted by Crippen LogP contribution is -2.52. The normalized spacial score (nSPS) is 22.1.